The van der Waals surface area contributed by atoms with Gasteiger partial charge in [-0.15, -0.1) is 0 Å². The van der Waals surface area contributed by atoms with Gasteiger partial charge in [0.2, 0.25) is 11.5 Å². The van der Waals surface area contributed by atoms with E-state index in [1.807, 2.05) is 0 Å². The Labute approximate surface area is 211 Å². The van der Waals surface area contributed by atoms with Gasteiger partial charge in [0.05, 0.1) is 28.4 Å². The van der Waals surface area contributed by atoms with Crippen LogP contribution in [0.15, 0.2) is 24.3 Å². The summed E-state index contributed by atoms with van der Waals surface area (Å²) in [5.41, 5.74) is 0.557. The third kappa shape index (κ3) is 8.22. The molecule has 0 spiro atoms. The van der Waals surface area contributed by atoms with E-state index in [9.17, 15) is 28.7 Å². The second kappa shape index (κ2) is 12.1. The Bertz CT molecular complexity index is 1070. The number of phosphoric ester groups is 2. The molecule has 0 aliphatic heterocycles. The molecule has 0 bridgehead atoms. The Kier molecular flexibility index (Phi) is 10.8. The van der Waals surface area contributed by atoms with Crippen molar-refractivity contribution in [2.24, 2.45) is 0 Å². The van der Waals surface area contributed by atoms with Gasteiger partial charge in [-0.05, 0) is 29.8 Å². The average Bonchev–Trinajstić information content (AvgIpc) is 2.71. The number of hydrogen-bond donors (Lipinski definition) is 4. The number of benzene rings is 2. The van der Waals surface area contributed by atoms with Crippen molar-refractivity contribution in [2.45, 2.75) is 0 Å². The zero-order valence-corrected chi connectivity index (χ0v) is 22.2. The molecule has 4 N–H and O–H groups in total. The molecule has 33 heavy (non-hydrogen) atoms. The third-order valence-electron chi connectivity index (χ3n) is 3.89. The van der Waals surface area contributed by atoms with Crippen LogP contribution in [0.2, 0.25) is 0 Å². The molecule has 2 aromatic rings. The summed E-state index contributed by atoms with van der Waals surface area (Å²) >= 11 is 0. The van der Waals surface area contributed by atoms with E-state index in [1.54, 1.807) is 12.1 Å². The normalized spacial score (nSPS) is 11.5. The van der Waals surface area contributed by atoms with E-state index in [4.69, 9.17) is 18.9 Å². The van der Waals surface area contributed by atoms with Crippen LogP contribution in [0, 0.1) is 0 Å². The third-order valence-corrected chi connectivity index (χ3v) is 4.73. The predicted molar refractivity (Wildman–Crippen MR) is 119 cm³/mol. The Balaban J connectivity index is 0.00000544. The molecule has 0 fully saturated rings. The van der Waals surface area contributed by atoms with Crippen molar-refractivity contribution in [3.05, 3.63) is 35.4 Å². The van der Waals surface area contributed by atoms with Crippen molar-refractivity contribution in [1.82, 2.24) is 0 Å². The van der Waals surface area contributed by atoms with E-state index in [2.05, 4.69) is 9.05 Å². The summed E-state index contributed by atoms with van der Waals surface area (Å²) in [6.07, 6.45) is 2.89. The molecule has 12 nitrogen and oxygen atoms in total. The zero-order chi connectivity index (χ0) is 24.1. The molecule has 0 saturated heterocycles. The van der Waals surface area contributed by atoms with E-state index in [0.717, 1.165) is 0 Å². The Morgan fingerprint density at radius 3 is 1.58 bits per heavy atom. The first-order chi connectivity index (χ1) is 14.9. The molecule has 0 aromatic heterocycles. The summed E-state index contributed by atoms with van der Waals surface area (Å²) in [6, 6.07) is 5.85. The molecule has 2 rings (SSSR count). The van der Waals surface area contributed by atoms with Gasteiger partial charge in [-0.2, -0.15) is 0 Å². The predicted octanol–water partition coefficient (Wildman–Crippen LogP) is 2.45. The molecule has 0 aliphatic rings. The number of ether oxygens (including phenoxy) is 4. The van der Waals surface area contributed by atoms with Crippen molar-refractivity contribution < 1.29 is 56.7 Å². The van der Waals surface area contributed by atoms with Crippen LogP contribution < -0.4 is 28.0 Å². The van der Waals surface area contributed by atoms with Crippen molar-refractivity contribution in [1.29, 1.82) is 0 Å². The first-order valence-corrected chi connectivity index (χ1v) is 11.7. The van der Waals surface area contributed by atoms with Gasteiger partial charge in [-0.3, -0.25) is 19.6 Å². The quantitative estimate of drug-likeness (QED) is 0.207. The number of hydrogen-bond acceptors (Lipinski definition) is 8. The van der Waals surface area contributed by atoms with E-state index < -0.39 is 27.1 Å². The minimum atomic E-state index is -5.15. The minimum Gasteiger partial charge on any atom is -0.493 e. The fourth-order valence-electron chi connectivity index (χ4n) is 2.65. The summed E-state index contributed by atoms with van der Waals surface area (Å²) in [4.78, 5) is 37.0. The maximum absolute atomic E-state index is 11.5. The van der Waals surface area contributed by atoms with Crippen LogP contribution in [0.25, 0.3) is 12.2 Å². The second-order valence-corrected chi connectivity index (χ2v) is 8.30. The van der Waals surface area contributed by atoms with Crippen molar-refractivity contribution >= 4 is 57.4 Å². The fourth-order valence-corrected chi connectivity index (χ4v) is 3.49. The SMILES string of the molecule is COc1cc(/C=C\c2ccc(OC)c(OP(=O)(O)O)c2OP(=O)(O)O)cc(OC)c1OC.[Na]. The van der Waals surface area contributed by atoms with Crippen LogP contribution in [-0.2, 0) is 9.13 Å². The van der Waals surface area contributed by atoms with E-state index in [-0.39, 0.29) is 40.9 Å². The smallest absolute Gasteiger partial charge is 0.493 e. The average molecular weight is 515 g/mol. The molecule has 2 aromatic carbocycles. The van der Waals surface area contributed by atoms with Gasteiger partial charge < -0.3 is 28.0 Å². The molecule has 0 heterocycles. The van der Waals surface area contributed by atoms with E-state index in [1.165, 1.54) is 52.7 Å². The van der Waals surface area contributed by atoms with Gasteiger partial charge in [0, 0.05) is 35.1 Å². The Morgan fingerprint density at radius 1 is 0.667 bits per heavy atom. The minimum absolute atomic E-state index is 0. The van der Waals surface area contributed by atoms with Crippen LogP contribution in [-0.4, -0.2) is 77.6 Å². The van der Waals surface area contributed by atoms with Crippen LogP contribution >= 0.6 is 15.6 Å². The Morgan fingerprint density at radius 2 is 1.15 bits per heavy atom. The van der Waals surface area contributed by atoms with Crippen molar-refractivity contribution in [3.63, 3.8) is 0 Å². The van der Waals surface area contributed by atoms with Gasteiger partial charge in [0.1, 0.15) is 0 Å². The topological polar surface area (TPSA) is 170 Å². The molecule has 0 aliphatic carbocycles. The summed E-state index contributed by atoms with van der Waals surface area (Å²) in [5.74, 6) is -0.459. The Hall–Kier alpha value is -1.72. The maximum atomic E-state index is 11.5. The molecule has 0 atom stereocenters. The maximum Gasteiger partial charge on any atom is 0.525 e. The van der Waals surface area contributed by atoms with Crippen LogP contribution in [0.1, 0.15) is 11.1 Å². The van der Waals surface area contributed by atoms with Gasteiger partial charge in [0.25, 0.3) is 0 Å². The first kappa shape index (κ1) is 29.3. The molecular weight excluding hydrogens is 493 g/mol. The molecule has 0 unspecified atom stereocenters. The molecule has 177 valence electrons. The molecule has 15 heteroatoms. The molecule has 0 saturated carbocycles. The van der Waals surface area contributed by atoms with Gasteiger partial charge in [-0.1, -0.05) is 12.2 Å². The van der Waals surface area contributed by atoms with Crippen LogP contribution in [0.4, 0.5) is 0 Å². The fraction of sp³-hybridized carbons (Fsp3) is 0.222. The number of rotatable bonds is 10. The van der Waals surface area contributed by atoms with Crippen LogP contribution in [0.5, 0.6) is 34.5 Å². The van der Waals surface area contributed by atoms with Gasteiger partial charge in [0.15, 0.2) is 23.0 Å². The number of methoxy groups -OCH3 is 4. The largest absolute Gasteiger partial charge is 0.525 e. The summed E-state index contributed by atoms with van der Waals surface area (Å²) in [6.45, 7) is 0. The summed E-state index contributed by atoms with van der Waals surface area (Å²) in [5, 5.41) is 0. The van der Waals surface area contributed by atoms with E-state index >= 15 is 0 Å². The van der Waals surface area contributed by atoms with Crippen LogP contribution in [0.3, 0.4) is 0 Å². The molecule has 1 radical (unpaired) electrons. The monoisotopic (exact) mass is 515 g/mol. The number of phosphoric acid groups is 2. The first-order valence-electron chi connectivity index (χ1n) is 8.61. The second-order valence-electron chi connectivity index (χ2n) is 5.97. The van der Waals surface area contributed by atoms with Crippen molar-refractivity contribution in [2.75, 3.05) is 28.4 Å². The summed E-state index contributed by atoms with van der Waals surface area (Å²) in [7, 11) is -4.79. The summed E-state index contributed by atoms with van der Waals surface area (Å²) < 4.78 is 52.9. The van der Waals surface area contributed by atoms with E-state index in [0.29, 0.717) is 22.8 Å². The molecule has 0 amide bonds. The van der Waals surface area contributed by atoms with Crippen molar-refractivity contribution in [3.8, 4) is 34.5 Å². The standard InChI is InChI=1S/C18H22O12P2.Na/c1-25-13-8-7-12(16(29-31(19,20)21)18(13)30-32(22,23)24)6-5-11-9-14(26-2)17(28-4)15(10-11)27-3;/h5-10H,1-4H3,(H2,19,20,21)(H2,22,23,24);/b6-5-;. The van der Waals surface area contributed by atoms with Gasteiger partial charge in [-0.25, -0.2) is 9.13 Å². The zero-order valence-electron chi connectivity index (χ0n) is 18.4. The van der Waals surface area contributed by atoms with Gasteiger partial charge >= 0.3 is 15.6 Å². The molecular formula is C18H22NaO12P2.